The van der Waals surface area contributed by atoms with Crippen LogP contribution in [0.25, 0.3) is 10.4 Å². The van der Waals surface area contributed by atoms with E-state index in [1.165, 1.54) is 11.7 Å². The molecule has 228 valence electrons. The molecule has 2 aromatic carbocycles. The molecule has 5 rings (SSSR count). The number of methoxy groups -OCH3 is 1. The summed E-state index contributed by atoms with van der Waals surface area (Å²) in [6, 6.07) is 20.5. The molecule has 8 atom stereocenters. The third kappa shape index (κ3) is 7.61. The molecular weight excluding hydrogens is 554 g/mol. The maximum Gasteiger partial charge on any atom is 0.352 e. The fourth-order valence-electron chi connectivity index (χ4n) is 5.45. The van der Waals surface area contributed by atoms with E-state index in [1.54, 1.807) is 12.3 Å². The first-order valence-electron chi connectivity index (χ1n) is 14.4. The van der Waals surface area contributed by atoms with Gasteiger partial charge in [-0.2, -0.15) is 4.98 Å². The summed E-state index contributed by atoms with van der Waals surface area (Å²) in [5.74, 6) is 0.250. The standard InChI is InChI=1S/C31H37N5O7/c1-20-24(14-15-26(41-20)36-17-16-25(38-3)33-31(36)37)43-30-29(40-19-23-12-8-5-9-13-23)28(27(34-35-32)21(2)42-30)39-18-22-10-6-4-7-11-22/h4-13,16-17,20-21,24,26-30H,14-15,18-19H2,1-3H3/t20-,21-,24+,26-,27-,28+,29-,30+/m1/s1. The Kier molecular flexibility index (Phi) is 10.4. The zero-order valence-corrected chi connectivity index (χ0v) is 24.5. The highest BCUT2D eigenvalue weighted by Crippen LogP contribution is 2.34. The highest BCUT2D eigenvalue weighted by atomic mass is 16.7. The van der Waals surface area contributed by atoms with E-state index >= 15 is 0 Å². The van der Waals surface area contributed by atoms with Gasteiger partial charge in [0.25, 0.3) is 0 Å². The van der Waals surface area contributed by atoms with Gasteiger partial charge in [-0.1, -0.05) is 65.8 Å². The Morgan fingerprint density at radius 2 is 1.58 bits per heavy atom. The van der Waals surface area contributed by atoms with Gasteiger partial charge in [0.2, 0.25) is 5.88 Å². The molecule has 43 heavy (non-hydrogen) atoms. The van der Waals surface area contributed by atoms with Crippen LogP contribution in [0.5, 0.6) is 5.88 Å². The highest BCUT2D eigenvalue weighted by Gasteiger charge is 2.48. The molecule has 0 amide bonds. The van der Waals surface area contributed by atoms with Crippen LogP contribution in [0.15, 0.2) is 82.8 Å². The summed E-state index contributed by atoms with van der Waals surface area (Å²) < 4.78 is 38.5. The number of hydrogen-bond donors (Lipinski definition) is 0. The predicted molar refractivity (Wildman–Crippen MR) is 156 cm³/mol. The Morgan fingerprint density at radius 3 is 2.16 bits per heavy atom. The van der Waals surface area contributed by atoms with E-state index in [2.05, 4.69) is 15.0 Å². The normalized spacial score (nSPS) is 29.0. The number of hydrogen-bond acceptors (Lipinski definition) is 9. The van der Waals surface area contributed by atoms with E-state index < -0.39 is 42.6 Å². The van der Waals surface area contributed by atoms with E-state index in [9.17, 15) is 10.3 Å². The quantitative estimate of drug-likeness (QED) is 0.174. The molecule has 12 nitrogen and oxygen atoms in total. The number of rotatable bonds is 11. The van der Waals surface area contributed by atoms with Gasteiger partial charge in [0, 0.05) is 17.2 Å². The van der Waals surface area contributed by atoms with Crippen molar-refractivity contribution in [2.45, 2.75) is 89.0 Å². The van der Waals surface area contributed by atoms with Crippen LogP contribution in [0, 0.1) is 0 Å². The second kappa shape index (κ2) is 14.6. The van der Waals surface area contributed by atoms with Crippen LogP contribution < -0.4 is 10.4 Å². The predicted octanol–water partition coefficient (Wildman–Crippen LogP) is 4.93. The zero-order chi connectivity index (χ0) is 30.2. The van der Waals surface area contributed by atoms with Crippen LogP contribution in [-0.4, -0.2) is 59.5 Å². The first-order valence-corrected chi connectivity index (χ1v) is 14.4. The lowest BCUT2D eigenvalue weighted by atomic mass is 9.96. The van der Waals surface area contributed by atoms with Gasteiger partial charge < -0.3 is 28.4 Å². The first kappa shape index (κ1) is 30.7. The number of aromatic nitrogens is 2. The summed E-state index contributed by atoms with van der Waals surface area (Å²) in [6.45, 7) is 4.31. The summed E-state index contributed by atoms with van der Waals surface area (Å²) in [4.78, 5) is 19.5. The molecule has 0 aliphatic carbocycles. The van der Waals surface area contributed by atoms with E-state index in [0.717, 1.165) is 11.1 Å². The van der Waals surface area contributed by atoms with Crippen LogP contribution in [0.1, 0.15) is 44.0 Å². The second-order valence-corrected chi connectivity index (χ2v) is 10.6. The van der Waals surface area contributed by atoms with Crippen molar-refractivity contribution < 1.29 is 28.4 Å². The molecule has 0 bridgehead atoms. The Labute approximate surface area is 250 Å². The molecule has 0 unspecified atom stereocenters. The highest BCUT2D eigenvalue weighted by molar-refractivity contribution is 5.15. The van der Waals surface area contributed by atoms with E-state index in [1.807, 2.05) is 74.5 Å². The van der Waals surface area contributed by atoms with Gasteiger partial charge in [-0.3, -0.25) is 4.57 Å². The van der Waals surface area contributed by atoms with Crippen molar-refractivity contribution in [1.29, 1.82) is 0 Å². The van der Waals surface area contributed by atoms with Crippen LogP contribution in [0.4, 0.5) is 0 Å². The van der Waals surface area contributed by atoms with E-state index in [0.29, 0.717) is 19.4 Å². The Balaban J connectivity index is 1.35. The SMILES string of the molecule is COc1ccn([C@H]2CC[C@H](O[C@@H]3O[C@H](C)[C@@H](N=[N+]=[N-])[C@H](OCc4ccccc4)[C@H]3OCc3ccccc3)[C@@H](C)O2)c(=O)n1. The van der Waals surface area contributed by atoms with Gasteiger partial charge in [0.05, 0.1) is 44.7 Å². The van der Waals surface area contributed by atoms with Crippen LogP contribution in [-0.2, 0) is 36.9 Å². The molecule has 0 spiro atoms. The Morgan fingerprint density at radius 1 is 0.930 bits per heavy atom. The van der Waals surface area contributed by atoms with Crippen molar-refractivity contribution in [2.75, 3.05) is 7.11 Å². The van der Waals surface area contributed by atoms with Gasteiger partial charge in [-0.05, 0) is 43.3 Å². The third-order valence-corrected chi connectivity index (χ3v) is 7.74. The monoisotopic (exact) mass is 591 g/mol. The molecule has 2 fully saturated rings. The smallest absolute Gasteiger partial charge is 0.352 e. The minimum Gasteiger partial charge on any atom is -0.481 e. The summed E-state index contributed by atoms with van der Waals surface area (Å²) in [7, 11) is 1.46. The largest absolute Gasteiger partial charge is 0.481 e. The molecule has 0 N–H and O–H groups in total. The molecule has 3 aromatic rings. The second-order valence-electron chi connectivity index (χ2n) is 10.6. The van der Waals surface area contributed by atoms with Crippen LogP contribution in [0.3, 0.4) is 0 Å². The molecule has 12 heteroatoms. The van der Waals surface area contributed by atoms with Gasteiger partial charge in [-0.15, -0.1) is 0 Å². The van der Waals surface area contributed by atoms with Gasteiger partial charge in [0.15, 0.2) is 6.29 Å². The van der Waals surface area contributed by atoms with Crippen molar-refractivity contribution >= 4 is 0 Å². The minimum absolute atomic E-state index is 0.250. The fraction of sp³-hybridized carbons (Fsp3) is 0.484. The number of ether oxygens (including phenoxy) is 6. The van der Waals surface area contributed by atoms with Gasteiger partial charge >= 0.3 is 5.69 Å². The number of azide groups is 1. The average Bonchev–Trinajstić information content (AvgIpc) is 3.03. The van der Waals surface area contributed by atoms with Crippen LogP contribution in [0.2, 0.25) is 0 Å². The summed E-state index contributed by atoms with van der Waals surface area (Å²) in [5.41, 5.74) is 10.9. The van der Waals surface area contributed by atoms with Crippen molar-refractivity contribution in [3.8, 4) is 5.88 Å². The number of nitrogens with zero attached hydrogens (tertiary/aromatic N) is 5. The molecule has 2 aliphatic heterocycles. The van der Waals surface area contributed by atoms with Crippen LogP contribution >= 0.6 is 0 Å². The topological polar surface area (TPSA) is 139 Å². The maximum atomic E-state index is 12.5. The van der Waals surface area contributed by atoms with E-state index in [4.69, 9.17) is 28.4 Å². The molecular formula is C31H37N5O7. The van der Waals surface area contributed by atoms with Crippen molar-refractivity contribution in [3.05, 3.63) is 105 Å². The Hall–Kier alpha value is -3.77. The molecule has 3 heterocycles. The molecule has 2 aliphatic rings. The summed E-state index contributed by atoms with van der Waals surface area (Å²) in [6.07, 6.45) is -1.18. The van der Waals surface area contributed by atoms with E-state index in [-0.39, 0.29) is 24.7 Å². The lowest BCUT2D eigenvalue weighted by Gasteiger charge is -2.46. The van der Waals surface area contributed by atoms with Gasteiger partial charge in [-0.25, -0.2) is 4.79 Å². The first-order chi connectivity index (χ1) is 21.0. The molecule has 2 saturated heterocycles. The van der Waals surface area contributed by atoms with Crippen molar-refractivity contribution in [2.24, 2.45) is 5.11 Å². The van der Waals surface area contributed by atoms with Crippen molar-refractivity contribution in [3.63, 3.8) is 0 Å². The molecule has 0 radical (unpaired) electrons. The summed E-state index contributed by atoms with van der Waals surface area (Å²) in [5, 5.41) is 4.05. The molecule has 0 saturated carbocycles. The lowest BCUT2D eigenvalue weighted by molar-refractivity contribution is -0.316. The minimum atomic E-state index is -0.831. The molecule has 1 aromatic heterocycles. The van der Waals surface area contributed by atoms with Gasteiger partial charge in [0.1, 0.15) is 18.4 Å². The Bertz CT molecular complexity index is 1420. The zero-order valence-electron chi connectivity index (χ0n) is 24.5. The fourth-order valence-corrected chi connectivity index (χ4v) is 5.45. The third-order valence-electron chi connectivity index (χ3n) is 7.74. The number of benzene rings is 2. The summed E-state index contributed by atoms with van der Waals surface area (Å²) >= 11 is 0. The lowest BCUT2D eigenvalue weighted by Crippen LogP contribution is -2.59. The van der Waals surface area contributed by atoms with Crippen molar-refractivity contribution in [1.82, 2.24) is 9.55 Å². The average molecular weight is 592 g/mol. The maximum absolute atomic E-state index is 12.5.